The maximum atomic E-state index is 13.7. The van der Waals surface area contributed by atoms with Crippen LogP contribution in [0.4, 0.5) is 5.69 Å². The number of hydrogen-bond donors (Lipinski definition) is 1. The summed E-state index contributed by atoms with van der Waals surface area (Å²) in [6, 6.07) is 10.8. The molecule has 0 radical (unpaired) electrons. The van der Waals surface area contributed by atoms with Gasteiger partial charge in [0, 0.05) is 28.9 Å². The number of halogens is 1. The zero-order valence-corrected chi connectivity index (χ0v) is 18.3. The number of amides is 2. The number of anilines is 1. The monoisotopic (exact) mass is 439 g/mol. The highest BCUT2D eigenvalue weighted by Crippen LogP contribution is 2.36. The fourth-order valence-corrected chi connectivity index (χ4v) is 5.10. The Labute approximate surface area is 186 Å². The summed E-state index contributed by atoms with van der Waals surface area (Å²) in [5, 5.41) is 3.85. The second kappa shape index (κ2) is 7.75. The minimum Gasteiger partial charge on any atom is -0.463 e. The van der Waals surface area contributed by atoms with E-state index in [4.69, 9.17) is 16.0 Å². The van der Waals surface area contributed by atoms with Crippen molar-refractivity contribution in [3.8, 4) is 0 Å². The third-order valence-electron chi connectivity index (χ3n) is 6.67. The van der Waals surface area contributed by atoms with Gasteiger partial charge in [-0.15, -0.1) is 0 Å². The van der Waals surface area contributed by atoms with Gasteiger partial charge in [0.05, 0.1) is 18.3 Å². The Morgan fingerprint density at radius 2 is 1.84 bits per heavy atom. The van der Waals surface area contributed by atoms with Crippen molar-refractivity contribution < 1.29 is 14.0 Å². The topological polar surface area (TPSA) is 67.5 Å². The molecule has 1 atom stereocenters. The molecule has 2 aromatic heterocycles. The largest absolute Gasteiger partial charge is 0.463 e. The lowest BCUT2D eigenvalue weighted by molar-refractivity contribution is -0.127. The molecule has 0 unspecified atom stereocenters. The molecule has 2 amide bonds. The van der Waals surface area contributed by atoms with E-state index in [9.17, 15) is 9.59 Å². The lowest BCUT2D eigenvalue weighted by Crippen LogP contribution is -2.65. The van der Waals surface area contributed by atoms with Crippen LogP contribution in [0.3, 0.4) is 0 Å². The first-order chi connectivity index (χ1) is 15.0. The van der Waals surface area contributed by atoms with Crippen LogP contribution in [0, 0.1) is 0 Å². The zero-order chi connectivity index (χ0) is 21.6. The van der Waals surface area contributed by atoms with Crippen LogP contribution in [-0.4, -0.2) is 28.0 Å². The summed E-state index contributed by atoms with van der Waals surface area (Å²) in [7, 11) is 0. The highest BCUT2D eigenvalue weighted by molar-refractivity contribution is 6.30. The fraction of sp³-hybridized carbons (Fsp3) is 0.417. The second-order valence-corrected chi connectivity index (χ2v) is 9.28. The molecule has 162 valence electrons. The van der Waals surface area contributed by atoms with Crippen LogP contribution in [0.1, 0.15) is 55.9 Å². The Balaban J connectivity index is 1.57. The molecule has 5 rings (SSSR count). The van der Waals surface area contributed by atoms with Gasteiger partial charge in [-0.05, 0) is 44.0 Å². The van der Waals surface area contributed by atoms with E-state index in [2.05, 4.69) is 5.32 Å². The van der Waals surface area contributed by atoms with Crippen LogP contribution in [0.25, 0.3) is 11.1 Å². The highest BCUT2D eigenvalue weighted by Gasteiger charge is 2.49. The number of nitrogens with zero attached hydrogens (tertiary/aromatic N) is 2. The number of carbonyl (C=O) groups is 2. The molecule has 31 heavy (non-hydrogen) atoms. The van der Waals surface area contributed by atoms with E-state index in [1.807, 2.05) is 17.6 Å². The molecule has 1 fully saturated rings. The molecule has 1 N–H and O–H groups in total. The van der Waals surface area contributed by atoms with Crippen LogP contribution in [0.15, 0.2) is 47.1 Å². The zero-order valence-electron chi connectivity index (χ0n) is 17.6. The van der Waals surface area contributed by atoms with Crippen LogP contribution < -0.4 is 10.2 Å². The molecule has 2 aliphatic rings. The number of nitrogens with one attached hydrogen (secondary N) is 1. The number of benzene rings is 1. The van der Waals surface area contributed by atoms with Crippen molar-refractivity contribution >= 4 is 40.2 Å². The van der Waals surface area contributed by atoms with Gasteiger partial charge < -0.3 is 14.3 Å². The van der Waals surface area contributed by atoms with Gasteiger partial charge in [-0.3, -0.25) is 14.5 Å². The SMILES string of the molecule is C[C@]1(C(=O)NC2CCCCCC2)Cn2c(cc3occc32)C(=O)N1c1ccc(Cl)cc1. The van der Waals surface area contributed by atoms with Gasteiger partial charge in [0.1, 0.15) is 11.2 Å². The maximum absolute atomic E-state index is 13.7. The van der Waals surface area contributed by atoms with Crippen LogP contribution in [0.5, 0.6) is 0 Å². The minimum absolute atomic E-state index is 0.126. The number of furan rings is 1. The van der Waals surface area contributed by atoms with E-state index in [1.54, 1.807) is 41.5 Å². The van der Waals surface area contributed by atoms with Crippen molar-refractivity contribution in [2.45, 2.75) is 63.6 Å². The summed E-state index contributed by atoms with van der Waals surface area (Å²) in [5.74, 6) is -0.350. The molecular formula is C24H26ClN3O3. The quantitative estimate of drug-likeness (QED) is 0.574. The average molecular weight is 440 g/mol. The van der Waals surface area contributed by atoms with E-state index in [-0.39, 0.29) is 17.9 Å². The van der Waals surface area contributed by atoms with Crippen molar-refractivity contribution in [3.05, 3.63) is 53.4 Å². The first-order valence-electron chi connectivity index (χ1n) is 11.0. The molecular weight excluding hydrogens is 414 g/mol. The smallest absolute Gasteiger partial charge is 0.276 e. The molecule has 0 saturated heterocycles. The number of hydrogen-bond acceptors (Lipinski definition) is 3. The molecule has 1 aromatic carbocycles. The van der Waals surface area contributed by atoms with Crippen molar-refractivity contribution in [2.75, 3.05) is 4.90 Å². The molecule has 7 heteroatoms. The molecule has 1 saturated carbocycles. The molecule has 6 nitrogen and oxygen atoms in total. The lowest BCUT2D eigenvalue weighted by Gasteiger charge is -2.44. The van der Waals surface area contributed by atoms with E-state index in [1.165, 1.54) is 12.8 Å². The van der Waals surface area contributed by atoms with E-state index in [0.717, 1.165) is 31.2 Å². The van der Waals surface area contributed by atoms with Gasteiger partial charge in [-0.25, -0.2) is 0 Å². The van der Waals surface area contributed by atoms with Gasteiger partial charge >= 0.3 is 0 Å². The second-order valence-electron chi connectivity index (χ2n) is 8.84. The van der Waals surface area contributed by atoms with Gasteiger partial charge in [-0.2, -0.15) is 0 Å². The average Bonchev–Trinajstić information content (AvgIpc) is 3.24. The van der Waals surface area contributed by atoms with E-state index in [0.29, 0.717) is 28.5 Å². The third-order valence-corrected chi connectivity index (χ3v) is 6.92. The Hall–Kier alpha value is -2.73. The Bertz CT molecular complexity index is 1120. The minimum atomic E-state index is -1.09. The van der Waals surface area contributed by atoms with Gasteiger partial charge in [0.15, 0.2) is 5.58 Å². The van der Waals surface area contributed by atoms with Gasteiger partial charge in [0.25, 0.3) is 5.91 Å². The van der Waals surface area contributed by atoms with Crippen molar-refractivity contribution in [3.63, 3.8) is 0 Å². The van der Waals surface area contributed by atoms with Crippen molar-refractivity contribution in [1.82, 2.24) is 9.88 Å². The maximum Gasteiger partial charge on any atom is 0.276 e. The Morgan fingerprint density at radius 3 is 2.55 bits per heavy atom. The first-order valence-corrected chi connectivity index (χ1v) is 11.3. The summed E-state index contributed by atoms with van der Waals surface area (Å²) < 4.78 is 7.43. The molecule has 1 aliphatic carbocycles. The van der Waals surface area contributed by atoms with Crippen molar-refractivity contribution in [2.24, 2.45) is 0 Å². The predicted octanol–water partition coefficient (Wildman–Crippen LogP) is 5.15. The highest BCUT2D eigenvalue weighted by atomic mass is 35.5. The third kappa shape index (κ3) is 3.43. The van der Waals surface area contributed by atoms with Crippen LogP contribution in [0.2, 0.25) is 5.02 Å². The van der Waals surface area contributed by atoms with Gasteiger partial charge in [-0.1, -0.05) is 37.3 Å². The summed E-state index contributed by atoms with van der Waals surface area (Å²) in [4.78, 5) is 29.0. The van der Waals surface area contributed by atoms with Crippen molar-refractivity contribution in [1.29, 1.82) is 0 Å². The number of fused-ring (bicyclic) bond motifs is 3. The number of carbonyl (C=O) groups excluding carboxylic acids is 2. The normalized spacial score (nSPS) is 22.4. The predicted molar refractivity (Wildman–Crippen MR) is 121 cm³/mol. The summed E-state index contributed by atoms with van der Waals surface area (Å²) in [5.41, 5.74) is 1.55. The molecule has 3 aromatic rings. The van der Waals surface area contributed by atoms with E-state index < -0.39 is 5.54 Å². The van der Waals surface area contributed by atoms with Crippen LogP contribution in [-0.2, 0) is 11.3 Å². The lowest BCUT2D eigenvalue weighted by atomic mass is 9.92. The fourth-order valence-electron chi connectivity index (χ4n) is 4.97. The van der Waals surface area contributed by atoms with Gasteiger partial charge in [0.2, 0.25) is 5.91 Å². The summed E-state index contributed by atoms with van der Waals surface area (Å²) >= 11 is 6.09. The Kier molecular flexibility index (Phi) is 5.05. The van der Waals surface area contributed by atoms with Crippen LogP contribution >= 0.6 is 11.6 Å². The standard InChI is InChI=1S/C24H26ClN3O3/c1-24(23(30)26-17-6-4-2-3-5-7-17)15-27-19-12-13-31-21(19)14-20(27)22(29)28(24)18-10-8-16(25)9-11-18/h8-14,17H,2-7,15H2,1H3,(H,26,30)/t24-/m1/s1. The molecule has 1 aliphatic heterocycles. The summed E-state index contributed by atoms with van der Waals surface area (Å²) in [6.07, 6.45) is 8.25. The summed E-state index contributed by atoms with van der Waals surface area (Å²) in [6.45, 7) is 2.19. The molecule has 0 spiro atoms. The number of rotatable bonds is 3. The number of aromatic nitrogens is 1. The Morgan fingerprint density at radius 1 is 1.13 bits per heavy atom. The first kappa shape index (κ1) is 20.2. The molecule has 0 bridgehead atoms. The molecule has 3 heterocycles. The van der Waals surface area contributed by atoms with E-state index >= 15 is 0 Å².